The summed E-state index contributed by atoms with van der Waals surface area (Å²) in [7, 11) is -3.31. The number of nitrogens with two attached hydrogens (primary N) is 1. The van der Waals surface area contributed by atoms with Crippen LogP contribution in [0.5, 0.6) is 0 Å². The zero-order valence-electron chi connectivity index (χ0n) is 10.8. The van der Waals surface area contributed by atoms with E-state index >= 15 is 0 Å². The van der Waals surface area contributed by atoms with E-state index in [0.29, 0.717) is 17.3 Å². The highest BCUT2D eigenvalue weighted by atomic mass is 32.2. The van der Waals surface area contributed by atoms with Gasteiger partial charge in [0.15, 0.2) is 0 Å². The molecule has 2 atom stereocenters. The van der Waals surface area contributed by atoms with Crippen molar-refractivity contribution in [2.75, 3.05) is 13.1 Å². The molecule has 1 fully saturated rings. The summed E-state index contributed by atoms with van der Waals surface area (Å²) in [6, 6.07) is 3.60. The number of nitrogens with zero attached hydrogens (tertiary/aromatic N) is 1. The molecular weight excluding hydrogens is 268 g/mol. The largest absolute Gasteiger partial charge is 0.328 e. The van der Waals surface area contributed by atoms with E-state index < -0.39 is 10.0 Å². The van der Waals surface area contributed by atoms with Gasteiger partial charge in [-0.2, -0.15) is 4.31 Å². The number of sulfonamides is 1. The van der Waals surface area contributed by atoms with Crippen molar-refractivity contribution < 1.29 is 8.42 Å². The third-order valence-electron chi connectivity index (χ3n) is 3.47. The Hall–Kier alpha value is -0.430. The standard InChI is InChI=1S/C12H20N2O2S2/c1-9-5-6-12(17-9)18(15,16)14-7-3-4-11(8-14)10(2)13/h5-6,10-11H,3-4,7-8,13H2,1-2H3. The lowest BCUT2D eigenvalue weighted by molar-refractivity contribution is 0.243. The fourth-order valence-electron chi connectivity index (χ4n) is 2.30. The molecule has 6 heteroatoms. The molecule has 0 radical (unpaired) electrons. The van der Waals surface area contributed by atoms with Crippen LogP contribution in [0.3, 0.4) is 0 Å². The Morgan fingerprint density at radius 1 is 1.50 bits per heavy atom. The van der Waals surface area contributed by atoms with Gasteiger partial charge in [0.1, 0.15) is 4.21 Å². The normalized spacial score (nSPS) is 24.1. The van der Waals surface area contributed by atoms with Gasteiger partial charge in [0, 0.05) is 24.0 Å². The molecule has 102 valence electrons. The summed E-state index contributed by atoms with van der Waals surface area (Å²) in [6.45, 7) is 5.04. The van der Waals surface area contributed by atoms with E-state index in [2.05, 4.69) is 0 Å². The van der Waals surface area contributed by atoms with Crippen LogP contribution in [0.2, 0.25) is 0 Å². The number of aryl methyl sites for hydroxylation is 1. The van der Waals surface area contributed by atoms with Crippen LogP contribution in [0.1, 0.15) is 24.6 Å². The SMILES string of the molecule is Cc1ccc(S(=O)(=O)N2CCCC(C(C)N)C2)s1. The molecule has 1 aromatic rings. The van der Waals surface area contributed by atoms with E-state index in [-0.39, 0.29) is 12.0 Å². The number of hydrogen-bond acceptors (Lipinski definition) is 4. The summed E-state index contributed by atoms with van der Waals surface area (Å²) >= 11 is 1.34. The second-order valence-electron chi connectivity index (χ2n) is 4.99. The fraction of sp³-hybridized carbons (Fsp3) is 0.667. The summed E-state index contributed by atoms with van der Waals surface area (Å²) in [6.07, 6.45) is 1.92. The zero-order valence-corrected chi connectivity index (χ0v) is 12.4. The minimum absolute atomic E-state index is 0.0491. The summed E-state index contributed by atoms with van der Waals surface area (Å²) in [4.78, 5) is 1.02. The molecule has 0 amide bonds. The van der Waals surface area contributed by atoms with E-state index in [0.717, 1.165) is 17.7 Å². The third-order valence-corrected chi connectivity index (χ3v) is 6.81. The molecule has 2 unspecified atom stereocenters. The lowest BCUT2D eigenvalue weighted by Crippen LogP contribution is -2.44. The molecule has 4 nitrogen and oxygen atoms in total. The smallest absolute Gasteiger partial charge is 0.252 e. The second kappa shape index (κ2) is 5.28. The monoisotopic (exact) mass is 288 g/mol. The van der Waals surface area contributed by atoms with Crippen LogP contribution in [0, 0.1) is 12.8 Å². The Balaban J connectivity index is 2.20. The maximum Gasteiger partial charge on any atom is 0.252 e. The number of rotatable bonds is 3. The van der Waals surface area contributed by atoms with E-state index in [1.54, 1.807) is 10.4 Å². The van der Waals surface area contributed by atoms with Crippen molar-refractivity contribution >= 4 is 21.4 Å². The molecule has 0 spiro atoms. The van der Waals surface area contributed by atoms with Crippen LogP contribution in [0.25, 0.3) is 0 Å². The molecule has 2 heterocycles. The summed E-state index contributed by atoms with van der Waals surface area (Å²) in [5.41, 5.74) is 5.90. The molecule has 0 aliphatic carbocycles. The van der Waals surface area contributed by atoms with Gasteiger partial charge in [-0.05, 0) is 44.7 Å². The van der Waals surface area contributed by atoms with Crippen LogP contribution in [-0.4, -0.2) is 31.9 Å². The maximum atomic E-state index is 12.5. The van der Waals surface area contributed by atoms with Gasteiger partial charge in [-0.15, -0.1) is 11.3 Å². The Bertz CT molecular complexity index is 508. The van der Waals surface area contributed by atoms with Crippen LogP contribution < -0.4 is 5.73 Å². The lowest BCUT2D eigenvalue weighted by atomic mass is 9.93. The molecule has 2 rings (SSSR count). The highest BCUT2D eigenvalue weighted by molar-refractivity contribution is 7.91. The fourth-order valence-corrected chi connectivity index (χ4v) is 5.27. The predicted molar refractivity (Wildman–Crippen MR) is 74.2 cm³/mol. The van der Waals surface area contributed by atoms with Crippen LogP contribution in [0.4, 0.5) is 0 Å². The molecular formula is C12H20N2O2S2. The number of thiophene rings is 1. The molecule has 18 heavy (non-hydrogen) atoms. The van der Waals surface area contributed by atoms with Gasteiger partial charge < -0.3 is 5.73 Å². The zero-order chi connectivity index (χ0) is 13.3. The van der Waals surface area contributed by atoms with Crippen molar-refractivity contribution in [2.45, 2.75) is 36.9 Å². The Kier molecular flexibility index (Phi) is 4.11. The van der Waals surface area contributed by atoms with E-state index in [9.17, 15) is 8.42 Å². The van der Waals surface area contributed by atoms with Crippen LogP contribution in [-0.2, 0) is 10.0 Å². The Morgan fingerprint density at radius 2 is 2.22 bits per heavy atom. The maximum absolute atomic E-state index is 12.5. The molecule has 0 saturated carbocycles. The average molecular weight is 288 g/mol. The first-order valence-corrected chi connectivity index (χ1v) is 8.49. The molecule has 1 aliphatic heterocycles. The Morgan fingerprint density at radius 3 is 2.78 bits per heavy atom. The van der Waals surface area contributed by atoms with Crippen molar-refractivity contribution in [3.05, 3.63) is 17.0 Å². The van der Waals surface area contributed by atoms with Crippen molar-refractivity contribution in [3.63, 3.8) is 0 Å². The molecule has 2 N–H and O–H groups in total. The molecule has 0 bridgehead atoms. The average Bonchev–Trinajstić information content (AvgIpc) is 2.77. The lowest BCUT2D eigenvalue weighted by Gasteiger charge is -2.33. The topological polar surface area (TPSA) is 63.4 Å². The summed E-state index contributed by atoms with van der Waals surface area (Å²) in [5.74, 6) is 0.273. The van der Waals surface area contributed by atoms with Gasteiger partial charge in [0.2, 0.25) is 0 Å². The van der Waals surface area contributed by atoms with E-state index in [1.165, 1.54) is 11.3 Å². The minimum atomic E-state index is -3.31. The summed E-state index contributed by atoms with van der Waals surface area (Å²) < 4.78 is 27.0. The first kappa shape index (κ1) is 14.0. The highest BCUT2D eigenvalue weighted by Gasteiger charge is 2.32. The van der Waals surface area contributed by atoms with Crippen molar-refractivity contribution in [1.82, 2.24) is 4.31 Å². The quantitative estimate of drug-likeness (QED) is 0.922. The van der Waals surface area contributed by atoms with Crippen molar-refractivity contribution in [2.24, 2.45) is 11.7 Å². The van der Waals surface area contributed by atoms with Gasteiger partial charge in [0.05, 0.1) is 0 Å². The first-order valence-electron chi connectivity index (χ1n) is 6.23. The number of hydrogen-bond donors (Lipinski definition) is 1. The van der Waals surface area contributed by atoms with Gasteiger partial charge in [-0.3, -0.25) is 0 Å². The molecule has 1 aliphatic rings. The minimum Gasteiger partial charge on any atom is -0.328 e. The highest BCUT2D eigenvalue weighted by Crippen LogP contribution is 2.28. The molecule has 1 aromatic heterocycles. The van der Waals surface area contributed by atoms with Gasteiger partial charge in [-0.25, -0.2) is 8.42 Å². The second-order valence-corrected chi connectivity index (χ2v) is 8.44. The van der Waals surface area contributed by atoms with Gasteiger partial charge in [-0.1, -0.05) is 0 Å². The van der Waals surface area contributed by atoms with Gasteiger partial charge >= 0.3 is 0 Å². The van der Waals surface area contributed by atoms with Crippen LogP contribution in [0.15, 0.2) is 16.3 Å². The first-order chi connectivity index (χ1) is 8.41. The molecule has 0 aromatic carbocycles. The van der Waals surface area contributed by atoms with Gasteiger partial charge in [0.25, 0.3) is 10.0 Å². The van der Waals surface area contributed by atoms with Crippen molar-refractivity contribution in [1.29, 1.82) is 0 Å². The number of piperidine rings is 1. The van der Waals surface area contributed by atoms with Crippen molar-refractivity contribution in [3.8, 4) is 0 Å². The van der Waals surface area contributed by atoms with E-state index in [1.807, 2.05) is 19.9 Å². The summed E-state index contributed by atoms with van der Waals surface area (Å²) in [5, 5.41) is 0. The van der Waals surface area contributed by atoms with E-state index in [4.69, 9.17) is 5.73 Å². The predicted octanol–water partition coefficient (Wildman–Crippen LogP) is 1.80. The van der Waals surface area contributed by atoms with Crippen LogP contribution >= 0.6 is 11.3 Å². The molecule has 1 saturated heterocycles. The third kappa shape index (κ3) is 2.77. The Labute approximate surface area is 113 Å².